The first-order chi connectivity index (χ1) is 10.1. The van der Waals surface area contributed by atoms with Crippen LogP contribution in [0.3, 0.4) is 0 Å². The fourth-order valence-electron chi connectivity index (χ4n) is 1.65. The highest BCUT2D eigenvalue weighted by molar-refractivity contribution is 5.92. The molecule has 2 rings (SSSR count). The molecule has 0 aliphatic rings. The standard InChI is InChI=1S/C15H14FNO4/c16-12-5-1-2-6-13(12)17-14(18)10-21-15(19)8-7-11-4-3-9-20-11/h1-6,9H,7-8,10H2,(H,17,18). The van der Waals surface area contributed by atoms with E-state index in [1.165, 1.54) is 24.5 Å². The van der Waals surface area contributed by atoms with Gasteiger partial charge in [-0.15, -0.1) is 0 Å². The second-order valence-corrected chi connectivity index (χ2v) is 4.27. The van der Waals surface area contributed by atoms with E-state index in [0.29, 0.717) is 12.2 Å². The quantitative estimate of drug-likeness (QED) is 0.830. The molecule has 1 aromatic heterocycles. The van der Waals surface area contributed by atoms with E-state index in [9.17, 15) is 14.0 Å². The third kappa shape index (κ3) is 4.76. The number of aryl methyl sites for hydroxylation is 1. The third-order valence-electron chi connectivity index (χ3n) is 2.67. The minimum Gasteiger partial charge on any atom is -0.469 e. The lowest BCUT2D eigenvalue weighted by molar-refractivity contribution is -0.147. The molecule has 21 heavy (non-hydrogen) atoms. The number of amides is 1. The number of rotatable bonds is 6. The van der Waals surface area contributed by atoms with E-state index in [0.717, 1.165) is 0 Å². The van der Waals surface area contributed by atoms with Gasteiger partial charge in [-0.1, -0.05) is 12.1 Å². The maximum absolute atomic E-state index is 13.3. The molecule has 0 fully saturated rings. The fraction of sp³-hybridized carbons (Fsp3) is 0.200. The van der Waals surface area contributed by atoms with Gasteiger partial charge in [0.05, 0.1) is 18.4 Å². The van der Waals surface area contributed by atoms with Crippen molar-refractivity contribution in [2.45, 2.75) is 12.8 Å². The molecule has 0 bridgehead atoms. The molecule has 0 radical (unpaired) electrons. The molecular formula is C15H14FNO4. The highest BCUT2D eigenvalue weighted by Crippen LogP contribution is 2.12. The van der Waals surface area contributed by atoms with Crippen molar-refractivity contribution in [3.05, 3.63) is 54.2 Å². The van der Waals surface area contributed by atoms with E-state index >= 15 is 0 Å². The summed E-state index contributed by atoms with van der Waals surface area (Å²) in [6.07, 6.45) is 2.03. The lowest BCUT2D eigenvalue weighted by atomic mass is 10.2. The van der Waals surface area contributed by atoms with Crippen LogP contribution in [0.15, 0.2) is 47.1 Å². The smallest absolute Gasteiger partial charge is 0.306 e. The molecule has 1 amide bonds. The van der Waals surface area contributed by atoms with Crippen molar-refractivity contribution in [2.24, 2.45) is 0 Å². The SMILES string of the molecule is O=C(COC(=O)CCc1ccco1)Nc1ccccc1F. The third-order valence-corrected chi connectivity index (χ3v) is 2.67. The first-order valence-corrected chi connectivity index (χ1v) is 6.37. The molecule has 1 N–H and O–H groups in total. The van der Waals surface area contributed by atoms with E-state index < -0.39 is 24.3 Å². The Labute approximate surface area is 120 Å². The van der Waals surface area contributed by atoms with Gasteiger partial charge in [-0.3, -0.25) is 9.59 Å². The zero-order valence-electron chi connectivity index (χ0n) is 11.2. The summed E-state index contributed by atoms with van der Waals surface area (Å²) in [4.78, 5) is 23.0. The summed E-state index contributed by atoms with van der Waals surface area (Å²) in [6.45, 7) is -0.453. The molecule has 0 atom stereocenters. The highest BCUT2D eigenvalue weighted by Gasteiger charge is 2.10. The second-order valence-electron chi connectivity index (χ2n) is 4.27. The largest absolute Gasteiger partial charge is 0.469 e. The number of carbonyl (C=O) groups excluding carboxylic acids is 2. The summed E-state index contributed by atoms with van der Waals surface area (Å²) < 4.78 is 23.2. The lowest BCUT2D eigenvalue weighted by Gasteiger charge is -2.07. The Morgan fingerprint density at radius 1 is 1.19 bits per heavy atom. The number of carbonyl (C=O) groups is 2. The van der Waals surface area contributed by atoms with Gasteiger partial charge in [0.2, 0.25) is 0 Å². The Kier molecular flexibility index (Phi) is 5.09. The van der Waals surface area contributed by atoms with Crippen molar-refractivity contribution in [1.82, 2.24) is 0 Å². The molecule has 0 aliphatic heterocycles. The number of furan rings is 1. The van der Waals surface area contributed by atoms with Crippen LogP contribution in [0, 0.1) is 5.82 Å². The van der Waals surface area contributed by atoms with Crippen LogP contribution in [0.25, 0.3) is 0 Å². The number of halogens is 1. The normalized spacial score (nSPS) is 10.1. The molecule has 5 nitrogen and oxygen atoms in total. The van der Waals surface area contributed by atoms with E-state index in [1.807, 2.05) is 0 Å². The summed E-state index contributed by atoms with van der Waals surface area (Å²) in [5.74, 6) is -0.987. The van der Waals surface area contributed by atoms with Crippen molar-refractivity contribution in [2.75, 3.05) is 11.9 Å². The number of hydrogen-bond acceptors (Lipinski definition) is 4. The van der Waals surface area contributed by atoms with E-state index in [2.05, 4.69) is 5.32 Å². The summed E-state index contributed by atoms with van der Waals surface area (Å²) in [7, 11) is 0. The van der Waals surface area contributed by atoms with Crippen molar-refractivity contribution >= 4 is 17.6 Å². The van der Waals surface area contributed by atoms with E-state index in [1.54, 1.807) is 18.2 Å². The number of para-hydroxylation sites is 1. The molecule has 0 saturated heterocycles. The summed E-state index contributed by atoms with van der Waals surface area (Å²) in [6, 6.07) is 9.23. The molecule has 0 spiro atoms. The zero-order chi connectivity index (χ0) is 15.1. The van der Waals surface area contributed by atoms with Crippen LogP contribution < -0.4 is 5.32 Å². The number of nitrogens with one attached hydrogen (secondary N) is 1. The summed E-state index contributed by atoms with van der Waals surface area (Å²) >= 11 is 0. The Morgan fingerprint density at radius 2 is 2.00 bits per heavy atom. The monoisotopic (exact) mass is 291 g/mol. The van der Waals surface area contributed by atoms with E-state index in [-0.39, 0.29) is 12.1 Å². The van der Waals surface area contributed by atoms with Crippen molar-refractivity contribution in [3.8, 4) is 0 Å². The first-order valence-electron chi connectivity index (χ1n) is 6.37. The van der Waals surface area contributed by atoms with Gasteiger partial charge in [-0.2, -0.15) is 0 Å². The van der Waals surface area contributed by atoms with Crippen LogP contribution in [0.2, 0.25) is 0 Å². The van der Waals surface area contributed by atoms with Crippen LogP contribution in [-0.4, -0.2) is 18.5 Å². The average Bonchev–Trinajstić information content (AvgIpc) is 2.99. The Bertz CT molecular complexity index is 610. The van der Waals surface area contributed by atoms with Crippen molar-refractivity contribution in [1.29, 1.82) is 0 Å². The summed E-state index contributed by atoms with van der Waals surface area (Å²) in [5.41, 5.74) is 0.0501. The van der Waals surface area contributed by atoms with E-state index in [4.69, 9.17) is 9.15 Å². The van der Waals surface area contributed by atoms with Crippen LogP contribution in [0.5, 0.6) is 0 Å². The maximum Gasteiger partial charge on any atom is 0.306 e. The van der Waals surface area contributed by atoms with Crippen LogP contribution in [-0.2, 0) is 20.7 Å². The molecule has 110 valence electrons. The second kappa shape index (κ2) is 7.23. The van der Waals surface area contributed by atoms with Crippen LogP contribution in [0.4, 0.5) is 10.1 Å². The molecule has 1 heterocycles. The number of esters is 1. The number of benzene rings is 1. The van der Waals surface area contributed by atoms with Gasteiger partial charge >= 0.3 is 5.97 Å². The number of ether oxygens (including phenoxy) is 1. The van der Waals surface area contributed by atoms with Crippen molar-refractivity contribution < 1.29 is 23.1 Å². The minimum absolute atomic E-state index is 0.0501. The Hall–Kier alpha value is -2.63. The topological polar surface area (TPSA) is 68.5 Å². The van der Waals surface area contributed by atoms with Crippen LogP contribution in [0.1, 0.15) is 12.2 Å². The molecule has 2 aromatic rings. The highest BCUT2D eigenvalue weighted by atomic mass is 19.1. The van der Waals surface area contributed by atoms with Gasteiger partial charge in [-0.05, 0) is 24.3 Å². The molecule has 6 heteroatoms. The van der Waals surface area contributed by atoms with Gasteiger partial charge < -0.3 is 14.5 Å². The molecule has 1 aromatic carbocycles. The van der Waals surface area contributed by atoms with Gasteiger partial charge in [0, 0.05) is 6.42 Å². The van der Waals surface area contributed by atoms with Gasteiger partial charge in [0.25, 0.3) is 5.91 Å². The number of hydrogen-bond donors (Lipinski definition) is 1. The predicted octanol–water partition coefficient (Wildman–Crippen LogP) is 2.53. The lowest BCUT2D eigenvalue weighted by Crippen LogP contribution is -2.21. The fourth-order valence-corrected chi connectivity index (χ4v) is 1.65. The number of anilines is 1. The van der Waals surface area contributed by atoms with Gasteiger partial charge in [0.15, 0.2) is 6.61 Å². The molecule has 0 aliphatic carbocycles. The van der Waals surface area contributed by atoms with Crippen molar-refractivity contribution in [3.63, 3.8) is 0 Å². The minimum atomic E-state index is -0.591. The Morgan fingerprint density at radius 3 is 2.71 bits per heavy atom. The molecular weight excluding hydrogens is 277 g/mol. The predicted molar refractivity (Wildman–Crippen MR) is 73.0 cm³/mol. The maximum atomic E-state index is 13.3. The average molecular weight is 291 g/mol. The Balaban J connectivity index is 1.71. The summed E-state index contributed by atoms with van der Waals surface area (Å²) in [5, 5.41) is 2.33. The zero-order valence-corrected chi connectivity index (χ0v) is 11.2. The van der Waals surface area contributed by atoms with Gasteiger partial charge in [0.1, 0.15) is 11.6 Å². The first kappa shape index (κ1) is 14.8. The van der Waals surface area contributed by atoms with Gasteiger partial charge in [-0.25, -0.2) is 4.39 Å². The van der Waals surface area contributed by atoms with Crippen LogP contribution >= 0.6 is 0 Å². The molecule has 0 saturated carbocycles. The molecule has 0 unspecified atom stereocenters.